The van der Waals surface area contributed by atoms with Gasteiger partial charge in [-0.05, 0) is 18.1 Å². The van der Waals surface area contributed by atoms with Crippen LogP contribution in [0.3, 0.4) is 0 Å². The van der Waals surface area contributed by atoms with Crippen LogP contribution < -0.4 is 0 Å². The molecule has 0 aliphatic carbocycles. The van der Waals surface area contributed by atoms with Gasteiger partial charge in [0, 0.05) is 0 Å². The first kappa shape index (κ1) is 15.7. The van der Waals surface area contributed by atoms with Gasteiger partial charge in [-0.2, -0.15) is 0 Å². The molecule has 18 heavy (non-hydrogen) atoms. The molecule has 1 saturated heterocycles. The van der Waals surface area contributed by atoms with Crippen molar-refractivity contribution in [3.8, 4) is 11.5 Å². The van der Waals surface area contributed by atoms with Gasteiger partial charge in [0.25, 0.3) is 0 Å². The zero-order valence-electron chi connectivity index (χ0n) is 11.3. The van der Waals surface area contributed by atoms with Crippen LogP contribution >= 0.6 is 0 Å². The summed E-state index contributed by atoms with van der Waals surface area (Å²) in [4.78, 5) is 0. The highest BCUT2D eigenvalue weighted by Gasteiger charge is 2.49. The van der Waals surface area contributed by atoms with Crippen molar-refractivity contribution in [2.75, 3.05) is 6.61 Å². The van der Waals surface area contributed by atoms with Crippen molar-refractivity contribution in [2.24, 2.45) is 0 Å². The molecule has 0 unspecified atom stereocenters. The van der Waals surface area contributed by atoms with Gasteiger partial charge in [0.2, 0.25) is 0 Å². The molecular weight excluding hydrogens is 248 g/mol. The van der Waals surface area contributed by atoms with E-state index in [1.807, 2.05) is 0 Å². The minimum absolute atomic E-state index is 0.363. The summed E-state index contributed by atoms with van der Waals surface area (Å²) in [6.45, 7) is 7.14. The lowest BCUT2D eigenvalue weighted by Gasteiger charge is -2.26. The first-order valence-electron chi connectivity index (χ1n) is 6.52. The van der Waals surface area contributed by atoms with Gasteiger partial charge in [0.05, 0.1) is 6.61 Å². The first-order chi connectivity index (χ1) is 8.48. The van der Waals surface area contributed by atoms with Crippen LogP contribution in [0.15, 0.2) is 0 Å². The molecule has 3 N–H and O–H groups in total. The second-order valence-corrected chi connectivity index (χ2v) is 9.74. The predicted octanol–water partition coefficient (Wildman–Crippen LogP) is 0.682. The van der Waals surface area contributed by atoms with E-state index in [0.29, 0.717) is 0 Å². The van der Waals surface area contributed by atoms with Gasteiger partial charge >= 0.3 is 0 Å². The lowest BCUT2D eigenvalue weighted by Crippen LogP contribution is -2.47. The molecule has 0 saturated carbocycles. The van der Waals surface area contributed by atoms with Crippen LogP contribution in [-0.2, 0) is 4.74 Å². The Morgan fingerprint density at radius 3 is 2.28 bits per heavy atom. The Labute approximate surface area is 110 Å². The van der Waals surface area contributed by atoms with Gasteiger partial charge < -0.3 is 20.1 Å². The van der Waals surface area contributed by atoms with Crippen molar-refractivity contribution < 1.29 is 20.1 Å². The normalized spacial score (nSPS) is 32.1. The summed E-state index contributed by atoms with van der Waals surface area (Å²) >= 11 is 0. The Hall–Kier alpha value is -0.383. The van der Waals surface area contributed by atoms with Gasteiger partial charge in [-0.3, -0.25) is 0 Å². The molecule has 1 rings (SSSR count). The molecule has 3 atom stereocenters. The number of hydrogen-bond donors (Lipinski definition) is 3. The molecule has 4 nitrogen and oxygen atoms in total. The van der Waals surface area contributed by atoms with Crippen LogP contribution in [0.25, 0.3) is 0 Å². The van der Waals surface area contributed by atoms with Crippen molar-refractivity contribution in [3.05, 3.63) is 6.61 Å². The zero-order valence-corrected chi connectivity index (χ0v) is 12.3. The second-order valence-electron chi connectivity index (χ2n) is 4.80. The molecule has 0 aromatic rings. The van der Waals surface area contributed by atoms with Gasteiger partial charge in [0.15, 0.2) is 5.60 Å². The van der Waals surface area contributed by atoms with E-state index in [9.17, 15) is 10.2 Å². The van der Waals surface area contributed by atoms with Crippen LogP contribution in [0.4, 0.5) is 0 Å². The number of hydrogen-bond acceptors (Lipinski definition) is 4. The standard InChI is InChI=1S/C13H23O4Si/c1-4-18(5-2,6-3)8-7-13(16)11(15)10-17-12(13)9-14/h10-12,14-16H,4-6,9H2,1-3H3/t11-,12+,13-/m0/s1. The van der Waals surface area contributed by atoms with Crippen LogP contribution in [0.5, 0.6) is 0 Å². The van der Waals surface area contributed by atoms with Gasteiger partial charge in [0.1, 0.15) is 26.9 Å². The molecule has 0 spiro atoms. The smallest absolute Gasteiger partial charge is 0.181 e. The number of rotatable bonds is 4. The lowest BCUT2D eigenvalue weighted by molar-refractivity contribution is -0.0510. The molecule has 1 radical (unpaired) electrons. The van der Waals surface area contributed by atoms with Gasteiger partial charge in [-0.15, -0.1) is 5.54 Å². The highest BCUT2D eigenvalue weighted by molar-refractivity contribution is 6.87. The third-order valence-electron chi connectivity index (χ3n) is 4.04. The SMILES string of the molecule is CC[Si](C#C[C@]1(O)[C@@H](O)[CH]O[C@@H]1CO)(CC)CC. The largest absolute Gasteiger partial charge is 0.394 e. The molecule has 1 aliphatic heterocycles. The average molecular weight is 271 g/mol. The highest BCUT2D eigenvalue weighted by atomic mass is 28.3. The van der Waals surface area contributed by atoms with Crippen molar-refractivity contribution in [2.45, 2.75) is 56.7 Å². The zero-order chi connectivity index (χ0) is 13.8. The summed E-state index contributed by atoms with van der Waals surface area (Å²) in [7, 11) is -1.69. The molecule has 0 aromatic heterocycles. The summed E-state index contributed by atoms with van der Waals surface area (Å²) in [6, 6.07) is 3.06. The topological polar surface area (TPSA) is 69.9 Å². The van der Waals surface area contributed by atoms with Crippen LogP contribution in [0, 0.1) is 18.1 Å². The summed E-state index contributed by atoms with van der Waals surface area (Å²) < 4.78 is 5.03. The van der Waals surface area contributed by atoms with E-state index in [1.54, 1.807) is 0 Å². The third-order valence-corrected chi connectivity index (χ3v) is 8.75. The Morgan fingerprint density at radius 2 is 1.83 bits per heavy atom. The van der Waals surface area contributed by atoms with E-state index in [2.05, 4.69) is 32.2 Å². The van der Waals surface area contributed by atoms with Crippen molar-refractivity contribution >= 4 is 8.07 Å². The summed E-state index contributed by atoms with van der Waals surface area (Å²) in [5.74, 6) is 2.80. The minimum atomic E-state index is -1.69. The molecule has 5 heteroatoms. The molecule has 1 heterocycles. The average Bonchev–Trinajstić information content (AvgIpc) is 2.68. The van der Waals surface area contributed by atoms with E-state index >= 15 is 0 Å². The maximum Gasteiger partial charge on any atom is 0.181 e. The maximum absolute atomic E-state index is 10.4. The molecule has 103 valence electrons. The molecule has 0 amide bonds. The fourth-order valence-corrected chi connectivity index (χ4v) is 4.65. The maximum atomic E-state index is 10.4. The second kappa shape index (κ2) is 6.18. The van der Waals surface area contributed by atoms with Gasteiger partial charge in [-0.1, -0.05) is 26.7 Å². The Kier molecular flexibility index (Phi) is 5.38. The first-order valence-corrected chi connectivity index (χ1v) is 9.14. The quantitative estimate of drug-likeness (QED) is 0.519. The minimum Gasteiger partial charge on any atom is -0.394 e. The number of ether oxygens (including phenoxy) is 1. The lowest BCUT2D eigenvalue weighted by atomic mass is 9.95. The molecule has 1 fully saturated rings. The van der Waals surface area contributed by atoms with Crippen molar-refractivity contribution in [1.29, 1.82) is 0 Å². The fraction of sp³-hybridized carbons (Fsp3) is 0.769. The van der Waals surface area contributed by atoms with E-state index in [-0.39, 0.29) is 6.61 Å². The van der Waals surface area contributed by atoms with E-state index in [4.69, 9.17) is 9.84 Å². The number of aliphatic hydroxyl groups excluding tert-OH is 2. The summed E-state index contributed by atoms with van der Waals surface area (Å²) in [6.07, 6.45) is -2.03. The Morgan fingerprint density at radius 1 is 1.28 bits per heavy atom. The van der Waals surface area contributed by atoms with Crippen molar-refractivity contribution in [1.82, 2.24) is 0 Å². The van der Waals surface area contributed by atoms with Crippen LogP contribution in [0.2, 0.25) is 18.1 Å². The van der Waals surface area contributed by atoms with E-state index < -0.39 is 25.9 Å². The van der Waals surface area contributed by atoms with E-state index in [1.165, 1.54) is 0 Å². The highest BCUT2D eigenvalue weighted by Crippen LogP contribution is 2.29. The molecule has 0 bridgehead atoms. The fourth-order valence-electron chi connectivity index (χ4n) is 2.15. The monoisotopic (exact) mass is 271 g/mol. The predicted molar refractivity (Wildman–Crippen MR) is 72.2 cm³/mol. The number of aliphatic hydroxyl groups is 3. The summed E-state index contributed by atoms with van der Waals surface area (Å²) in [5, 5.41) is 29.2. The Bertz CT molecular complexity index is 323. The van der Waals surface area contributed by atoms with Crippen LogP contribution in [0.1, 0.15) is 20.8 Å². The summed E-state index contributed by atoms with van der Waals surface area (Å²) in [5.41, 5.74) is 1.55. The molecular formula is C13H23O4Si. The van der Waals surface area contributed by atoms with Crippen molar-refractivity contribution in [3.63, 3.8) is 0 Å². The van der Waals surface area contributed by atoms with Gasteiger partial charge in [-0.25, -0.2) is 0 Å². The third kappa shape index (κ3) is 2.78. The molecule has 1 aliphatic rings. The molecule has 0 aromatic carbocycles. The van der Waals surface area contributed by atoms with Crippen LogP contribution in [-0.4, -0.2) is 47.8 Å². The van der Waals surface area contributed by atoms with E-state index in [0.717, 1.165) is 24.7 Å². The Balaban J connectivity index is 3.00.